The molecule has 0 spiro atoms. The topological polar surface area (TPSA) is 97.7 Å². The fourth-order valence-corrected chi connectivity index (χ4v) is 18.4. The van der Waals surface area contributed by atoms with Crippen LogP contribution in [-0.2, 0) is 12.9 Å². The van der Waals surface area contributed by atoms with Crippen molar-refractivity contribution in [2.75, 3.05) is 0 Å². The molecule has 0 amide bonds. The normalized spacial score (nSPS) is 13.7. The van der Waals surface area contributed by atoms with Crippen LogP contribution < -0.4 is 0 Å². The second-order valence-electron chi connectivity index (χ2n) is 4.41. The fourth-order valence-electron chi connectivity index (χ4n) is 2.12. The molecule has 0 aromatic heterocycles. The third-order valence-corrected chi connectivity index (χ3v) is 20.1. The van der Waals surface area contributed by atoms with Gasteiger partial charge in [-0.3, -0.25) is 0 Å². The Bertz CT molecular complexity index is 828. The predicted molar refractivity (Wildman–Crippen MR) is 99.4 cm³/mol. The molecule has 0 aliphatic heterocycles. The molecule has 0 radical (unpaired) electrons. The molecule has 0 bridgehead atoms. The molecular weight excluding hydrogens is 494 g/mol. The van der Waals surface area contributed by atoms with Crippen LogP contribution in [0.15, 0.2) is 60.7 Å². The van der Waals surface area contributed by atoms with E-state index in [9.17, 15) is 22.6 Å². The summed E-state index contributed by atoms with van der Waals surface area (Å²) >= 11 is 5.22. The molecule has 1 N–H and O–H groups in total. The Morgan fingerprint density at radius 3 is 1.42 bits per heavy atom. The van der Waals surface area contributed by atoms with Gasteiger partial charge in [-0.15, -0.1) is 0 Å². The molecule has 10 heteroatoms. The maximum absolute atomic E-state index is 12.6. The van der Waals surface area contributed by atoms with Crippen molar-refractivity contribution >= 4 is 57.6 Å². The van der Waals surface area contributed by atoms with E-state index in [1.54, 1.807) is 12.1 Å². The van der Waals surface area contributed by atoms with Crippen molar-refractivity contribution < 1.29 is 25.1 Å². The van der Waals surface area contributed by atoms with Gasteiger partial charge in [0.15, 0.2) is 0 Å². The Balaban J connectivity index is 3.12. The third-order valence-electron chi connectivity index (χ3n) is 3.07. The van der Waals surface area contributed by atoms with Crippen LogP contribution >= 0.6 is 40.7 Å². The standard InChI is InChI=1S/C14H11Cl2IO6S/c15-13(18)17(14(16)19,23-24(20,21)22,11-7-3-1-4-8-11)12-9-5-2-6-10-12/h1-10H,(H,20,21,22). The molecule has 0 unspecified atom stereocenters. The van der Waals surface area contributed by atoms with Crippen molar-refractivity contribution in [2.45, 2.75) is 0 Å². The average Bonchev–Trinajstić information content (AvgIpc) is 2.53. The molecule has 2 aromatic rings. The summed E-state index contributed by atoms with van der Waals surface area (Å²) in [6.45, 7) is 0. The van der Waals surface area contributed by atoms with E-state index in [2.05, 4.69) is 0 Å². The molecule has 2 aromatic carbocycles. The van der Waals surface area contributed by atoms with E-state index in [0.29, 0.717) is 0 Å². The zero-order chi connectivity index (χ0) is 18.0. The number of hydrogen-bond acceptors (Lipinski definition) is 5. The van der Waals surface area contributed by atoms with Crippen molar-refractivity contribution in [3.8, 4) is 0 Å². The molecule has 24 heavy (non-hydrogen) atoms. The SMILES string of the molecule is O=C(Cl)I(OS(=O)(=O)O)(C(=O)Cl)(c1ccccc1)c1ccccc1. The van der Waals surface area contributed by atoms with Crippen molar-refractivity contribution in [2.24, 2.45) is 0 Å². The number of carbonyl (C=O) groups is 2. The Kier molecular flexibility index (Phi) is 5.38. The van der Waals surface area contributed by atoms with Gasteiger partial charge in [-0.05, 0) is 0 Å². The Hall–Kier alpha value is -1.04. The number of carbonyl (C=O) groups excluding carboxylic acids is 2. The van der Waals surface area contributed by atoms with Crippen molar-refractivity contribution in [3.63, 3.8) is 0 Å². The van der Waals surface area contributed by atoms with E-state index < -0.39 is 34.4 Å². The minimum absolute atomic E-state index is 0.0909. The van der Waals surface area contributed by atoms with Gasteiger partial charge in [0.05, 0.1) is 0 Å². The Labute approximate surface area is 149 Å². The van der Waals surface area contributed by atoms with Gasteiger partial charge >= 0.3 is 150 Å². The summed E-state index contributed by atoms with van der Waals surface area (Å²) in [7, 11) is -5.25. The second kappa shape index (κ2) is 6.70. The van der Waals surface area contributed by atoms with E-state index >= 15 is 0 Å². The summed E-state index contributed by atoms with van der Waals surface area (Å²) in [6.07, 6.45) is 0. The number of rotatable bonds is 6. The quantitative estimate of drug-likeness (QED) is 0.346. The molecule has 0 saturated carbocycles. The van der Waals surface area contributed by atoms with Crippen molar-refractivity contribution in [3.05, 3.63) is 67.8 Å². The fraction of sp³-hybridized carbons (Fsp3) is 0. The minimum atomic E-state index is -6.31. The van der Waals surface area contributed by atoms with E-state index in [4.69, 9.17) is 25.7 Å². The summed E-state index contributed by atoms with van der Waals surface area (Å²) < 4.78 is 34.4. The maximum atomic E-state index is 12.6. The Morgan fingerprint density at radius 2 is 1.17 bits per heavy atom. The van der Waals surface area contributed by atoms with Gasteiger partial charge in [0.1, 0.15) is 0 Å². The first-order valence-corrected chi connectivity index (χ1v) is 13.5. The zero-order valence-corrected chi connectivity index (χ0v) is 16.3. The number of benzene rings is 2. The van der Waals surface area contributed by atoms with Gasteiger partial charge in [-0.2, -0.15) is 0 Å². The van der Waals surface area contributed by atoms with Gasteiger partial charge in [0, 0.05) is 0 Å². The van der Waals surface area contributed by atoms with Gasteiger partial charge in [0.25, 0.3) is 0 Å². The number of hydrogen-bond donors (Lipinski definition) is 1. The van der Waals surface area contributed by atoms with Gasteiger partial charge in [-0.1, -0.05) is 0 Å². The van der Waals surface area contributed by atoms with Crippen LogP contribution in [0.1, 0.15) is 0 Å². The summed E-state index contributed by atoms with van der Waals surface area (Å²) in [5.41, 5.74) is 0. The first-order chi connectivity index (χ1) is 11.1. The molecular formula is C14H11Cl2IO6S. The van der Waals surface area contributed by atoms with Crippen LogP contribution in [0.4, 0.5) is 9.59 Å². The molecule has 6 nitrogen and oxygen atoms in total. The monoisotopic (exact) mass is 504 g/mol. The van der Waals surface area contributed by atoms with Crippen LogP contribution in [-0.4, -0.2) is 19.5 Å². The zero-order valence-electron chi connectivity index (χ0n) is 11.8. The predicted octanol–water partition coefficient (Wildman–Crippen LogP) is 4.76. The van der Waals surface area contributed by atoms with Crippen molar-refractivity contribution in [1.29, 1.82) is 0 Å². The summed E-state index contributed by atoms with van der Waals surface area (Å²) in [6, 6.07) is 14.3. The molecule has 130 valence electrons. The van der Waals surface area contributed by atoms with Gasteiger partial charge in [0.2, 0.25) is 0 Å². The van der Waals surface area contributed by atoms with E-state index in [0.717, 1.165) is 0 Å². The summed E-state index contributed by atoms with van der Waals surface area (Å²) in [5, 5.41) is 0. The number of halogens is 3. The second-order valence-corrected chi connectivity index (χ2v) is 17.9. The van der Waals surface area contributed by atoms with Crippen LogP contribution in [0, 0.1) is 7.14 Å². The molecule has 0 saturated heterocycles. The van der Waals surface area contributed by atoms with Crippen LogP contribution in [0.25, 0.3) is 0 Å². The third kappa shape index (κ3) is 2.87. The molecule has 0 aliphatic carbocycles. The van der Waals surface area contributed by atoms with Gasteiger partial charge < -0.3 is 0 Å². The van der Waals surface area contributed by atoms with Crippen LogP contribution in [0.3, 0.4) is 0 Å². The van der Waals surface area contributed by atoms with Crippen LogP contribution in [0.2, 0.25) is 0 Å². The molecule has 2 rings (SSSR count). The van der Waals surface area contributed by atoms with Gasteiger partial charge in [-0.25, -0.2) is 0 Å². The first kappa shape index (κ1) is 19.3. The van der Waals surface area contributed by atoms with E-state index in [1.165, 1.54) is 48.5 Å². The summed E-state index contributed by atoms with van der Waals surface area (Å²) in [4.78, 5) is 25.1. The van der Waals surface area contributed by atoms with E-state index in [1.807, 2.05) is 0 Å². The average molecular weight is 505 g/mol. The van der Waals surface area contributed by atoms with E-state index in [-0.39, 0.29) is 7.14 Å². The molecule has 0 aliphatic rings. The molecule has 0 atom stereocenters. The Morgan fingerprint density at radius 1 is 0.833 bits per heavy atom. The molecule has 0 fully saturated rings. The summed E-state index contributed by atoms with van der Waals surface area (Å²) in [5.74, 6) is 0. The molecule has 0 heterocycles. The first-order valence-electron chi connectivity index (χ1n) is 6.20. The van der Waals surface area contributed by atoms with Crippen molar-refractivity contribution in [1.82, 2.24) is 0 Å². The van der Waals surface area contributed by atoms with Crippen LogP contribution in [0.5, 0.6) is 0 Å².